The second kappa shape index (κ2) is 4.76. The minimum Gasteiger partial charge on any atom is -0.320 e. The molecule has 0 saturated carbocycles. The van der Waals surface area contributed by atoms with Crippen molar-refractivity contribution in [2.24, 2.45) is 5.73 Å². The molecule has 0 aliphatic carbocycles. The highest BCUT2D eigenvalue weighted by Gasteiger charge is 2.15. The molecular formula is C12H11Cl2NS. The zero-order valence-corrected chi connectivity index (χ0v) is 11.0. The lowest BCUT2D eigenvalue weighted by atomic mass is 10.0. The molecule has 2 aromatic rings. The zero-order valence-electron chi connectivity index (χ0n) is 8.71. The second-order valence-electron chi connectivity index (χ2n) is 3.60. The molecule has 1 unspecified atom stereocenters. The van der Waals surface area contributed by atoms with E-state index in [1.165, 1.54) is 11.3 Å². The van der Waals surface area contributed by atoms with Gasteiger partial charge in [0.2, 0.25) is 0 Å². The Labute approximate surface area is 109 Å². The van der Waals surface area contributed by atoms with Crippen molar-refractivity contribution in [1.82, 2.24) is 0 Å². The third-order valence-corrected chi connectivity index (χ3v) is 4.29. The predicted octanol–water partition coefficient (Wildman–Crippen LogP) is 4.41. The molecule has 2 rings (SSSR count). The lowest BCUT2D eigenvalue weighted by Gasteiger charge is -2.13. The van der Waals surface area contributed by atoms with Crippen molar-refractivity contribution in [2.75, 3.05) is 0 Å². The molecule has 0 fully saturated rings. The van der Waals surface area contributed by atoms with Crippen molar-refractivity contribution in [3.63, 3.8) is 0 Å². The number of aryl methyl sites for hydroxylation is 1. The van der Waals surface area contributed by atoms with Crippen molar-refractivity contribution >= 4 is 34.5 Å². The Kier molecular flexibility index (Phi) is 3.55. The molecule has 1 nitrogen and oxygen atoms in total. The first-order chi connectivity index (χ1) is 7.59. The highest BCUT2D eigenvalue weighted by Crippen LogP contribution is 2.33. The maximum Gasteiger partial charge on any atom is 0.0931 e. The van der Waals surface area contributed by atoms with Crippen LogP contribution >= 0.6 is 34.5 Å². The van der Waals surface area contributed by atoms with E-state index in [1.807, 2.05) is 37.3 Å². The first kappa shape index (κ1) is 11.9. The molecule has 1 aromatic carbocycles. The van der Waals surface area contributed by atoms with E-state index in [2.05, 4.69) is 0 Å². The van der Waals surface area contributed by atoms with E-state index in [9.17, 15) is 0 Å². The van der Waals surface area contributed by atoms with Gasteiger partial charge in [-0.3, -0.25) is 0 Å². The Morgan fingerprint density at radius 2 is 1.94 bits per heavy atom. The van der Waals surface area contributed by atoms with Gasteiger partial charge in [-0.1, -0.05) is 41.4 Å². The van der Waals surface area contributed by atoms with Crippen LogP contribution in [0.1, 0.15) is 22.0 Å². The number of thiophene rings is 1. The Morgan fingerprint density at radius 3 is 2.56 bits per heavy atom. The molecule has 0 amide bonds. The SMILES string of the molecule is Cc1cccc(C(N)c2ccc(Cl)s2)c1Cl. The van der Waals surface area contributed by atoms with E-state index in [-0.39, 0.29) is 6.04 Å². The molecule has 0 bridgehead atoms. The summed E-state index contributed by atoms with van der Waals surface area (Å²) in [4.78, 5) is 1.03. The number of nitrogens with two attached hydrogens (primary N) is 1. The molecule has 0 spiro atoms. The van der Waals surface area contributed by atoms with Crippen LogP contribution in [0.2, 0.25) is 9.36 Å². The van der Waals surface area contributed by atoms with Gasteiger partial charge >= 0.3 is 0 Å². The van der Waals surface area contributed by atoms with Crippen LogP contribution in [0.3, 0.4) is 0 Å². The quantitative estimate of drug-likeness (QED) is 0.860. The van der Waals surface area contributed by atoms with Crippen LogP contribution in [0.15, 0.2) is 30.3 Å². The third kappa shape index (κ3) is 2.25. The van der Waals surface area contributed by atoms with Gasteiger partial charge in [-0.05, 0) is 30.2 Å². The summed E-state index contributed by atoms with van der Waals surface area (Å²) in [6.45, 7) is 1.97. The number of hydrogen-bond acceptors (Lipinski definition) is 2. The number of benzene rings is 1. The van der Waals surface area contributed by atoms with E-state index in [0.717, 1.165) is 25.4 Å². The fraction of sp³-hybridized carbons (Fsp3) is 0.167. The van der Waals surface area contributed by atoms with Gasteiger partial charge in [0.15, 0.2) is 0 Å². The molecular weight excluding hydrogens is 261 g/mol. The van der Waals surface area contributed by atoms with Crippen molar-refractivity contribution < 1.29 is 0 Å². The predicted molar refractivity (Wildman–Crippen MR) is 71.5 cm³/mol. The van der Waals surface area contributed by atoms with E-state index >= 15 is 0 Å². The monoisotopic (exact) mass is 271 g/mol. The summed E-state index contributed by atoms with van der Waals surface area (Å²) in [7, 11) is 0. The van der Waals surface area contributed by atoms with E-state index in [0.29, 0.717) is 0 Å². The number of hydrogen-bond donors (Lipinski definition) is 1. The molecule has 1 aromatic heterocycles. The highest BCUT2D eigenvalue weighted by molar-refractivity contribution is 7.16. The summed E-state index contributed by atoms with van der Waals surface area (Å²) >= 11 is 13.6. The molecule has 1 heterocycles. The third-order valence-electron chi connectivity index (χ3n) is 2.46. The summed E-state index contributed by atoms with van der Waals surface area (Å²) < 4.78 is 0.745. The topological polar surface area (TPSA) is 26.0 Å². The van der Waals surface area contributed by atoms with Crippen LogP contribution in [-0.2, 0) is 0 Å². The average molecular weight is 272 g/mol. The summed E-state index contributed by atoms with van der Waals surface area (Å²) in [5, 5.41) is 0.736. The van der Waals surface area contributed by atoms with Gasteiger partial charge in [-0.2, -0.15) is 0 Å². The minimum atomic E-state index is -0.204. The number of rotatable bonds is 2. The molecule has 0 saturated heterocycles. The van der Waals surface area contributed by atoms with Crippen molar-refractivity contribution in [3.05, 3.63) is 55.7 Å². The Morgan fingerprint density at radius 1 is 1.19 bits per heavy atom. The summed E-state index contributed by atoms with van der Waals surface area (Å²) in [5.41, 5.74) is 8.15. The van der Waals surface area contributed by atoms with Crippen molar-refractivity contribution in [2.45, 2.75) is 13.0 Å². The molecule has 1 atom stereocenters. The standard InChI is InChI=1S/C12H11Cl2NS/c1-7-3-2-4-8(11(7)14)12(15)9-5-6-10(13)16-9/h2-6,12H,15H2,1H3. The van der Waals surface area contributed by atoms with Crippen LogP contribution in [-0.4, -0.2) is 0 Å². The maximum absolute atomic E-state index is 6.24. The summed E-state index contributed by atoms with van der Waals surface area (Å²) in [6.07, 6.45) is 0. The molecule has 84 valence electrons. The molecule has 0 radical (unpaired) electrons. The minimum absolute atomic E-state index is 0.204. The van der Waals surface area contributed by atoms with Crippen LogP contribution < -0.4 is 5.73 Å². The lowest BCUT2D eigenvalue weighted by Crippen LogP contribution is -2.11. The van der Waals surface area contributed by atoms with Gasteiger partial charge in [0.05, 0.1) is 10.4 Å². The van der Waals surface area contributed by atoms with E-state index < -0.39 is 0 Å². The van der Waals surface area contributed by atoms with Crippen LogP contribution in [0, 0.1) is 6.92 Å². The molecule has 2 N–H and O–H groups in total. The summed E-state index contributed by atoms with van der Waals surface area (Å²) in [5.74, 6) is 0. The van der Waals surface area contributed by atoms with Crippen LogP contribution in [0.4, 0.5) is 0 Å². The van der Waals surface area contributed by atoms with Gasteiger partial charge in [0, 0.05) is 9.90 Å². The van der Waals surface area contributed by atoms with Crippen molar-refractivity contribution in [1.29, 1.82) is 0 Å². The zero-order chi connectivity index (χ0) is 11.7. The van der Waals surface area contributed by atoms with Crippen LogP contribution in [0.25, 0.3) is 0 Å². The van der Waals surface area contributed by atoms with Crippen LogP contribution in [0.5, 0.6) is 0 Å². The Bertz CT molecular complexity index is 507. The molecule has 0 aliphatic heterocycles. The van der Waals surface area contributed by atoms with E-state index in [1.54, 1.807) is 0 Å². The Hall–Kier alpha value is -0.540. The normalized spacial score (nSPS) is 12.8. The Balaban J connectivity index is 2.41. The fourth-order valence-electron chi connectivity index (χ4n) is 1.56. The largest absolute Gasteiger partial charge is 0.320 e. The van der Waals surface area contributed by atoms with Crippen molar-refractivity contribution in [3.8, 4) is 0 Å². The van der Waals surface area contributed by atoms with E-state index in [4.69, 9.17) is 28.9 Å². The molecule has 16 heavy (non-hydrogen) atoms. The molecule has 4 heteroatoms. The molecule has 0 aliphatic rings. The average Bonchev–Trinajstić information content (AvgIpc) is 2.68. The number of halogens is 2. The highest BCUT2D eigenvalue weighted by atomic mass is 35.5. The van der Waals surface area contributed by atoms with Gasteiger partial charge in [-0.25, -0.2) is 0 Å². The second-order valence-corrected chi connectivity index (χ2v) is 5.72. The van der Waals surface area contributed by atoms with Gasteiger partial charge in [-0.15, -0.1) is 11.3 Å². The maximum atomic E-state index is 6.24. The fourth-order valence-corrected chi connectivity index (χ4v) is 2.88. The first-order valence-electron chi connectivity index (χ1n) is 4.85. The smallest absolute Gasteiger partial charge is 0.0931 e. The lowest BCUT2D eigenvalue weighted by molar-refractivity contribution is 0.892. The van der Waals surface area contributed by atoms with Gasteiger partial charge < -0.3 is 5.73 Å². The summed E-state index contributed by atoms with van der Waals surface area (Å²) in [6, 6.07) is 9.48. The van der Waals surface area contributed by atoms with Gasteiger partial charge in [0.25, 0.3) is 0 Å². The van der Waals surface area contributed by atoms with Gasteiger partial charge in [0.1, 0.15) is 0 Å². The first-order valence-corrected chi connectivity index (χ1v) is 6.42.